The van der Waals surface area contributed by atoms with Crippen molar-refractivity contribution >= 4 is 11.5 Å². The van der Waals surface area contributed by atoms with E-state index in [9.17, 15) is 4.79 Å². The average Bonchev–Trinajstić information content (AvgIpc) is 2.33. The van der Waals surface area contributed by atoms with Crippen molar-refractivity contribution in [3.63, 3.8) is 0 Å². The Bertz CT molecular complexity index is 386. The maximum atomic E-state index is 11.5. The molecule has 0 amide bonds. The molecule has 0 radical (unpaired) electrons. The van der Waals surface area contributed by atoms with E-state index in [0.29, 0.717) is 12.2 Å². The van der Waals surface area contributed by atoms with Gasteiger partial charge in [-0.25, -0.2) is 0 Å². The summed E-state index contributed by atoms with van der Waals surface area (Å²) in [5.74, 6) is 0.585. The molecule has 0 saturated carbocycles. The van der Waals surface area contributed by atoms with Crippen molar-refractivity contribution in [2.45, 2.75) is 26.7 Å². The molecule has 2 nitrogen and oxygen atoms in total. The number of ketones is 1. The number of anilines is 1. The van der Waals surface area contributed by atoms with Crippen LogP contribution in [0.1, 0.15) is 25.8 Å². The maximum absolute atomic E-state index is 11.5. The Morgan fingerprint density at radius 2 is 2.25 bits per heavy atom. The Hall–Kier alpha value is -1.31. The van der Waals surface area contributed by atoms with Crippen LogP contribution in [0.15, 0.2) is 24.3 Å². The second-order valence-electron chi connectivity index (χ2n) is 4.59. The molecular weight excluding hydrogens is 198 g/mol. The summed E-state index contributed by atoms with van der Waals surface area (Å²) in [5.41, 5.74) is 2.63. The number of benzene rings is 1. The first-order chi connectivity index (χ1) is 7.70. The predicted octanol–water partition coefficient (Wildman–Crippen LogP) is 2.66. The molecule has 1 aromatic rings. The van der Waals surface area contributed by atoms with Gasteiger partial charge >= 0.3 is 0 Å². The minimum Gasteiger partial charge on any atom is -0.370 e. The smallest absolute Gasteiger partial charge is 0.139 e. The molecule has 0 aliphatic carbocycles. The fraction of sp³-hybridized carbons (Fsp3) is 0.500. The van der Waals surface area contributed by atoms with Gasteiger partial charge in [-0.05, 0) is 24.1 Å². The van der Waals surface area contributed by atoms with E-state index in [2.05, 4.69) is 36.1 Å². The van der Waals surface area contributed by atoms with E-state index in [4.69, 9.17) is 0 Å². The fourth-order valence-electron chi connectivity index (χ4n) is 2.22. The minimum absolute atomic E-state index is 0.180. The zero-order valence-corrected chi connectivity index (χ0v) is 10.1. The highest BCUT2D eigenvalue weighted by molar-refractivity contribution is 5.83. The molecule has 0 aromatic heterocycles. The summed E-state index contributed by atoms with van der Waals surface area (Å²) in [7, 11) is 0. The lowest BCUT2D eigenvalue weighted by molar-refractivity contribution is -0.122. The molecule has 1 aliphatic rings. The molecule has 1 fully saturated rings. The first-order valence-corrected chi connectivity index (χ1v) is 6.07. The van der Waals surface area contributed by atoms with Gasteiger partial charge in [0.2, 0.25) is 0 Å². The molecule has 1 aliphatic heterocycles. The quantitative estimate of drug-likeness (QED) is 0.759. The molecule has 0 bridgehead atoms. The van der Waals surface area contributed by atoms with E-state index in [0.717, 1.165) is 19.5 Å². The number of piperidine rings is 1. The van der Waals surface area contributed by atoms with E-state index < -0.39 is 0 Å². The van der Waals surface area contributed by atoms with Gasteiger partial charge in [0.25, 0.3) is 0 Å². The van der Waals surface area contributed by atoms with E-state index in [-0.39, 0.29) is 5.92 Å². The molecule has 1 atom stereocenters. The number of carbonyl (C=O) groups is 1. The lowest BCUT2D eigenvalue weighted by Crippen LogP contribution is -2.39. The normalized spacial score (nSPS) is 21.2. The lowest BCUT2D eigenvalue weighted by Gasteiger charge is -2.32. The van der Waals surface area contributed by atoms with Crippen molar-refractivity contribution in [1.82, 2.24) is 0 Å². The molecular formula is C14H19NO. The van der Waals surface area contributed by atoms with Crippen molar-refractivity contribution in [3.8, 4) is 0 Å². The Morgan fingerprint density at radius 1 is 1.44 bits per heavy atom. The molecule has 1 aromatic carbocycles. The van der Waals surface area contributed by atoms with Crippen LogP contribution in [0.3, 0.4) is 0 Å². The van der Waals surface area contributed by atoms with E-state index in [1.54, 1.807) is 0 Å². The third-order valence-corrected chi connectivity index (χ3v) is 3.36. The summed E-state index contributed by atoms with van der Waals surface area (Å²) in [6.07, 6.45) is 1.76. The van der Waals surface area contributed by atoms with Gasteiger partial charge < -0.3 is 4.90 Å². The van der Waals surface area contributed by atoms with Gasteiger partial charge in [0, 0.05) is 31.1 Å². The van der Waals surface area contributed by atoms with E-state index in [1.165, 1.54) is 11.3 Å². The Balaban J connectivity index is 2.15. The number of aryl methyl sites for hydroxylation is 1. The van der Waals surface area contributed by atoms with E-state index >= 15 is 0 Å². The molecule has 2 rings (SSSR count). The topological polar surface area (TPSA) is 20.3 Å². The van der Waals surface area contributed by atoms with Crippen LogP contribution in [0.4, 0.5) is 5.69 Å². The van der Waals surface area contributed by atoms with Crippen LogP contribution in [-0.4, -0.2) is 18.9 Å². The number of hydrogen-bond donors (Lipinski definition) is 0. The van der Waals surface area contributed by atoms with Crippen LogP contribution >= 0.6 is 0 Å². The summed E-state index contributed by atoms with van der Waals surface area (Å²) in [6.45, 7) is 5.93. The zero-order chi connectivity index (χ0) is 11.5. The van der Waals surface area contributed by atoms with Crippen LogP contribution in [-0.2, 0) is 11.2 Å². The Morgan fingerprint density at radius 3 is 2.94 bits per heavy atom. The SMILES string of the molecule is CCc1cccc(N2CCC(=O)C(C)C2)c1. The molecule has 1 unspecified atom stereocenters. The van der Waals surface area contributed by atoms with Gasteiger partial charge in [-0.3, -0.25) is 4.79 Å². The summed E-state index contributed by atoms with van der Waals surface area (Å²) in [6, 6.07) is 8.64. The highest BCUT2D eigenvalue weighted by atomic mass is 16.1. The zero-order valence-electron chi connectivity index (χ0n) is 10.1. The number of Topliss-reactive ketones (excluding diaryl/α,β-unsaturated/α-hetero) is 1. The molecule has 0 spiro atoms. The van der Waals surface area contributed by atoms with Crippen molar-refractivity contribution in [3.05, 3.63) is 29.8 Å². The first kappa shape index (κ1) is 11.2. The summed E-state index contributed by atoms with van der Waals surface area (Å²) in [5, 5.41) is 0. The monoisotopic (exact) mass is 217 g/mol. The van der Waals surface area contributed by atoms with Crippen LogP contribution < -0.4 is 4.90 Å². The minimum atomic E-state index is 0.180. The second-order valence-corrected chi connectivity index (χ2v) is 4.59. The third kappa shape index (κ3) is 2.26. The fourth-order valence-corrected chi connectivity index (χ4v) is 2.22. The Labute approximate surface area is 97.3 Å². The van der Waals surface area contributed by atoms with Gasteiger partial charge in [0.1, 0.15) is 5.78 Å². The van der Waals surface area contributed by atoms with Gasteiger partial charge in [-0.1, -0.05) is 26.0 Å². The summed E-state index contributed by atoms with van der Waals surface area (Å²) < 4.78 is 0. The van der Waals surface area contributed by atoms with Gasteiger partial charge in [-0.15, -0.1) is 0 Å². The van der Waals surface area contributed by atoms with E-state index in [1.807, 2.05) is 6.92 Å². The maximum Gasteiger partial charge on any atom is 0.139 e. The average molecular weight is 217 g/mol. The standard InChI is InChI=1S/C14H19NO/c1-3-12-5-4-6-13(9-12)15-8-7-14(16)11(2)10-15/h4-6,9,11H,3,7-8,10H2,1-2H3. The van der Waals surface area contributed by atoms with Crippen molar-refractivity contribution in [1.29, 1.82) is 0 Å². The first-order valence-electron chi connectivity index (χ1n) is 6.07. The van der Waals surface area contributed by atoms with Gasteiger partial charge in [0.15, 0.2) is 0 Å². The Kier molecular flexibility index (Phi) is 3.28. The third-order valence-electron chi connectivity index (χ3n) is 3.36. The molecule has 0 N–H and O–H groups in total. The molecule has 86 valence electrons. The highest BCUT2D eigenvalue weighted by Gasteiger charge is 2.23. The second kappa shape index (κ2) is 4.69. The van der Waals surface area contributed by atoms with Gasteiger partial charge in [0.05, 0.1) is 0 Å². The van der Waals surface area contributed by atoms with Crippen LogP contribution in [0, 0.1) is 5.92 Å². The molecule has 2 heteroatoms. The number of hydrogen-bond acceptors (Lipinski definition) is 2. The van der Waals surface area contributed by atoms with Crippen molar-refractivity contribution in [2.75, 3.05) is 18.0 Å². The summed E-state index contributed by atoms with van der Waals surface area (Å²) >= 11 is 0. The largest absolute Gasteiger partial charge is 0.370 e. The van der Waals surface area contributed by atoms with Gasteiger partial charge in [-0.2, -0.15) is 0 Å². The van der Waals surface area contributed by atoms with Crippen LogP contribution in [0.25, 0.3) is 0 Å². The van der Waals surface area contributed by atoms with Crippen molar-refractivity contribution < 1.29 is 4.79 Å². The molecule has 1 heterocycles. The number of nitrogens with zero attached hydrogens (tertiary/aromatic N) is 1. The van der Waals surface area contributed by atoms with Crippen molar-refractivity contribution in [2.24, 2.45) is 5.92 Å². The summed E-state index contributed by atoms with van der Waals surface area (Å²) in [4.78, 5) is 13.8. The molecule has 16 heavy (non-hydrogen) atoms. The molecule has 1 saturated heterocycles. The highest BCUT2D eigenvalue weighted by Crippen LogP contribution is 2.22. The predicted molar refractivity (Wildman–Crippen MR) is 66.8 cm³/mol. The number of rotatable bonds is 2. The van der Waals surface area contributed by atoms with Crippen LogP contribution in [0.5, 0.6) is 0 Å². The number of carbonyl (C=O) groups excluding carboxylic acids is 1. The lowest BCUT2D eigenvalue weighted by atomic mass is 9.98. The van der Waals surface area contributed by atoms with Crippen LogP contribution in [0.2, 0.25) is 0 Å².